The molecule has 0 saturated carbocycles. The molecule has 0 atom stereocenters. The number of anilines is 1. The highest BCUT2D eigenvalue weighted by atomic mass is 16.5. The molecule has 4 heteroatoms. The average molecular weight is 207 g/mol. The zero-order chi connectivity index (χ0) is 11.1. The minimum Gasteiger partial charge on any atom is -0.495 e. The molecule has 15 heavy (non-hydrogen) atoms. The van der Waals surface area contributed by atoms with Gasteiger partial charge in [-0.1, -0.05) is 12.1 Å². The van der Waals surface area contributed by atoms with Gasteiger partial charge in [-0.3, -0.25) is 0 Å². The number of hydrogen-bond donors (Lipinski definition) is 1. The minimum atomic E-state index is -0.405. The van der Waals surface area contributed by atoms with Gasteiger partial charge in [0.1, 0.15) is 5.75 Å². The molecule has 1 aromatic carbocycles. The Morgan fingerprint density at radius 1 is 1.33 bits per heavy atom. The van der Waals surface area contributed by atoms with E-state index < -0.39 is 5.97 Å². The maximum absolute atomic E-state index is 10.8. The van der Waals surface area contributed by atoms with Crippen LogP contribution in [0.1, 0.15) is 0 Å². The minimum absolute atomic E-state index is 0.405. The topological polar surface area (TPSA) is 47.6 Å². The van der Waals surface area contributed by atoms with E-state index in [4.69, 9.17) is 4.74 Å². The third-order valence-corrected chi connectivity index (χ3v) is 1.77. The van der Waals surface area contributed by atoms with Crippen LogP contribution in [0.25, 0.3) is 0 Å². The molecule has 0 aliphatic heterocycles. The monoisotopic (exact) mass is 207 g/mol. The van der Waals surface area contributed by atoms with Gasteiger partial charge >= 0.3 is 5.97 Å². The van der Waals surface area contributed by atoms with Gasteiger partial charge in [-0.15, -0.1) is 0 Å². The van der Waals surface area contributed by atoms with E-state index in [1.165, 1.54) is 19.4 Å². The van der Waals surface area contributed by atoms with E-state index in [0.717, 1.165) is 5.69 Å². The number of rotatable bonds is 4. The second-order valence-electron chi connectivity index (χ2n) is 2.70. The molecule has 4 nitrogen and oxygen atoms in total. The van der Waals surface area contributed by atoms with E-state index in [-0.39, 0.29) is 0 Å². The lowest BCUT2D eigenvalue weighted by Crippen LogP contribution is -1.97. The summed E-state index contributed by atoms with van der Waals surface area (Å²) >= 11 is 0. The van der Waals surface area contributed by atoms with Gasteiger partial charge in [0.2, 0.25) is 0 Å². The van der Waals surface area contributed by atoms with E-state index >= 15 is 0 Å². The summed E-state index contributed by atoms with van der Waals surface area (Å²) in [5.41, 5.74) is 0.792. The fraction of sp³-hybridized carbons (Fsp3) is 0.182. The molecular weight excluding hydrogens is 194 g/mol. The number of nitrogens with one attached hydrogen (secondary N) is 1. The third-order valence-electron chi connectivity index (χ3n) is 1.77. The quantitative estimate of drug-likeness (QED) is 0.604. The van der Waals surface area contributed by atoms with Crippen molar-refractivity contribution in [2.45, 2.75) is 0 Å². The molecule has 80 valence electrons. The summed E-state index contributed by atoms with van der Waals surface area (Å²) in [4.78, 5) is 10.8. The number of ether oxygens (including phenoxy) is 2. The molecule has 0 fully saturated rings. The molecule has 0 spiro atoms. The molecular formula is C11H13NO3. The van der Waals surface area contributed by atoms with Gasteiger partial charge in [0.05, 0.1) is 19.9 Å². The summed E-state index contributed by atoms with van der Waals surface area (Å²) in [5.74, 6) is 0.310. The highest BCUT2D eigenvalue weighted by molar-refractivity contribution is 5.82. The van der Waals surface area contributed by atoms with E-state index in [2.05, 4.69) is 10.1 Å². The summed E-state index contributed by atoms with van der Waals surface area (Å²) in [7, 11) is 2.92. The zero-order valence-electron chi connectivity index (χ0n) is 8.69. The van der Waals surface area contributed by atoms with Crippen molar-refractivity contribution in [1.82, 2.24) is 0 Å². The van der Waals surface area contributed by atoms with Crippen LogP contribution in [0.5, 0.6) is 5.75 Å². The van der Waals surface area contributed by atoms with Gasteiger partial charge < -0.3 is 14.8 Å². The Labute approximate surface area is 88.5 Å². The number of para-hydroxylation sites is 2. The number of esters is 1. The summed E-state index contributed by atoms with van der Waals surface area (Å²) in [6, 6.07) is 7.42. The van der Waals surface area contributed by atoms with Crippen LogP contribution in [0, 0.1) is 0 Å². The smallest absolute Gasteiger partial charge is 0.331 e. The molecule has 0 unspecified atom stereocenters. The Morgan fingerprint density at radius 2 is 2.07 bits per heavy atom. The lowest BCUT2D eigenvalue weighted by molar-refractivity contribution is -0.134. The highest BCUT2D eigenvalue weighted by Gasteiger charge is 1.98. The van der Waals surface area contributed by atoms with Gasteiger partial charge in [0, 0.05) is 12.3 Å². The Morgan fingerprint density at radius 3 is 2.73 bits per heavy atom. The second-order valence-corrected chi connectivity index (χ2v) is 2.70. The van der Waals surface area contributed by atoms with Crippen LogP contribution < -0.4 is 10.1 Å². The molecule has 1 rings (SSSR count). The fourth-order valence-electron chi connectivity index (χ4n) is 1.03. The van der Waals surface area contributed by atoms with Crippen molar-refractivity contribution in [2.24, 2.45) is 0 Å². The highest BCUT2D eigenvalue weighted by Crippen LogP contribution is 2.22. The Hall–Kier alpha value is -1.97. The fourth-order valence-corrected chi connectivity index (χ4v) is 1.03. The number of benzene rings is 1. The predicted octanol–water partition coefficient (Wildman–Crippen LogP) is 1.79. The molecule has 0 bridgehead atoms. The van der Waals surface area contributed by atoms with Gasteiger partial charge in [0.25, 0.3) is 0 Å². The predicted molar refractivity (Wildman–Crippen MR) is 57.8 cm³/mol. The summed E-state index contributed by atoms with van der Waals surface area (Å²) in [5, 5.41) is 2.92. The number of hydrogen-bond acceptors (Lipinski definition) is 4. The maximum Gasteiger partial charge on any atom is 0.331 e. The van der Waals surface area contributed by atoms with Crippen molar-refractivity contribution in [2.75, 3.05) is 19.5 Å². The Balaban J connectivity index is 2.64. The number of carbonyl (C=O) groups is 1. The van der Waals surface area contributed by atoms with Crippen molar-refractivity contribution in [1.29, 1.82) is 0 Å². The molecule has 0 aliphatic rings. The van der Waals surface area contributed by atoms with Crippen LogP contribution in [0.3, 0.4) is 0 Å². The first-order chi connectivity index (χ1) is 7.27. The van der Waals surface area contributed by atoms with Crippen LogP contribution >= 0.6 is 0 Å². The van der Waals surface area contributed by atoms with Crippen molar-refractivity contribution in [3.8, 4) is 5.75 Å². The maximum atomic E-state index is 10.8. The molecule has 0 aliphatic carbocycles. The summed E-state index contributed by atoms with van der Waals surface area (Å²) in [6.07, 6.45) is 2.80. The van der Waals surface area contributed by atoms with Gasteiger partial charge in [-0.2, -0.15) is 0 Å². The van der Waals surface area contributed by atoms with Gasteiger partial charge in [0.15, 0.2) is 0 Å². The summed E-state index contributed by atoms with van der Waals surface area (Å²) < 4.78 is 9.56. The van der Waals surface area contributed by atoms with Crippen LogP contribution in [0.2, 0.25) is 0 Å². The van der Waals surface area contributed by atoms with Crippen molar-refractivity contribution < 1.29 is 14.3 Å². The second kappa shape index (κ2) is 5.70. The van der Waals surface area contributed by atoms with Crippen LogP contribution in [-0.2, 0) is 9.53 Å². The first-order valence-electron chi connectivity index (χ1n) is 4.42. The Bertz CT molecular complexity index is 361. The normalized spacial score (nSPS) is 10.0. The van der Waals surface area contributed by atoms with E-state index in [1.807, 2.05) is 24.3 Å². The van der Waals surface area contributed by atoms with Crippen molar-refractivity contribution >= 4 is 11.7 Å². The molecule has 0 amide bonds. The third kappa shape index (κ3) is 3.34. The van der Waals surface area contributed by atoms with Gasteiger partial charge in [-0.05, 0) is 12.1 Å². The lowest BCUT2D eigenvalue weighted by atomic mass is 10.3. The lowest BCUT2D eigenvalue weighted by Gasteiger charge is -2.06. The molecule has 0 radical (unpaired) electrons. The van der Waals surface area contributed by atoms with Crippen molar-refractivity contribution in [3.63, 3.8) is 0 Å². The van der Waals surface area contributed by atoms with Gasteiger partial charge in [-0.25, -0.2) is 4.79 Å². The zero-order valence-corrected chi connectivity index (χ0v) is 8.69. The summed E-state index contributed by atoms with van der Waals surface area (Å²) in [6.45, 7) is 0. The standard InChI is InChI=1S/C11H13NO3/c1-14-10-6-4-3-5-9(10)12-8-7-11(13)15-2/h3-8,12H,1-2H3/b8-7+. The number of methoxy groups -OCH3 is 2. The molecule has 0 aromatic heterocycles. The average Bonchev–Trinajstić information content (AvgIpc) is 2.29. The van der Waals surface area contributed by atoms with Crippen molar-refractivity contribution in [3.05, 3.63) is 36.5 Å². The van der Waals surface area contributed by atoms with E-state index in [1.54, 1.807) is 7.11 Å². The van der Waals surface area contributed by atoms with Crippen LogP contribution in [0.4, 0.5) is 5.69 Å². The molecule has 0 heterocycles. The van der Waals surface area contributed by atoms with E-state index in [9.17, 15) is 4.79 Å². The molecule has 1 N–H and O–H groups in total. The largest absolute Gasteiger partial charge is 0.495 e. The van der Waals surface area contributed by atoms with E-state index in [0.29, 0.717) is 5.75 Å². The van der Waals surface area contributed by atoms with Crippen LogP contribution in [0.15, 0.2) is 36.5 Å². The molecule has 1 aromatic rings. The first kappa shape index (κ1) is 11.1. The first-order valence-corrected chi connectivity index (χ1v) is 4.42. The molecule has 0 saturated heterocycles. The number of carbonyl (C=O) groups excluding carboxylic acids is 1. The Kier molecular flexibility index (Phi) is 4.22. The van der Waals surface area contributed by atoms with Crippen LogP contribution in [-0.4, -0.2) is 20.2 Å². The SMILES string of the molecule is COC(=O)/C=C/Nc1ccccc1OC.